The van der Waals surface area contributed by atoms with Gasteiger partial charge in [-0.1, -0.05) is 12.1 Å². The third kappa shape index (κ3) is 2.52. The van der Waals surface area contributed by atoms with Crippen molar-refractivity contribution < 1.29 is 4.79 Å². The summed E-state index contributed by atoms with van der Waals surface area (Å²) in [5.74, 6) is 0.142. The summed E-state index contributed by atoms with van der Waals surface area (Å²) in [6.07, 6.45) is 2.66. The highest BCUT2D eigenvalue weighted by Gasteiger charge is 2.45. The van der Waals surface area contributed by atoms with E-state index in [0.29, 0.717) is 11.5 Å². The van der Waals surface area contributed by atoms with Crippen LogP contribution in [0.25, 0.3) is 0 Å². The number of carbonyl (C=O) groups is 1. The Hall–Kier alpha value is -1.35. The van der Waals surface area contributed by atoms with Gasteiger partial charge in [-0.2, -0.15) is 0 Å². The smallest absolute Gasteiger partial charge is 0.159 e. The summed E-state index contributed by atoms with van der Waals surface area (Å²) in [7, 11) is 0. The van der Waals surface area contributed by atoms with Crippen LogP contribution in [-0.4, -0.2) is 31.5 Å². The molecule has 3 rings (SSSR count). The van der Waals surface area contributed by atoms with Crippen LogP contribution in [0.5, 0.6) is 0 Å². The fraction of sp³-hybridized carbons (Fsp3) is 0.562. The van der Waals surface area contributed by atoms with E-state index in [1.165, 1.54) is 18.5 Å². The van der Waals surface area contributed by atoms with Crippen LogP contribution in [0.3, 0.4) is 0 Å². The van der Waals surface area contributed by atoms with E-state index in [9.17, 15) is 4.79 Å². The molecule has 2 fully saturated rings. The van der Waals surface area contributed by atoms with Crippen LogP contribution < -0.4 is 10.2 Å². The number of nitrogens with zero attached hydrogens (tertiary/aromatic N) is 1. The number of hydrogen-bond donors (Lipinski definition) is 1. The van der Waals surface area contributed by atoms with Crippen molar-refractivity contribution >= 4 is 11.5 Å². The Morgan fingerprint density at radius 3 is 2.89 bits per heavy atom. The maximum absolute atomic E-state index is 11.5. The lowest BCUT2D eigenvalue weighted by Gasteiger charge is -2.31. The maximum atomic E-state index is 11.5. The number of Topliss-reactive ketones (excluding diaryl/α,β-unsaturated/α-hetero) is 1. The molecule has 2 aliphatic rings. The predicted octanol–water partition coefficient (Wildman–Crippen LogP) is 2.47. The van der Waals surface area contributed by atoms with Crippen LogP contribution in [0.2, 0.25) is 0 Å². The first kappa shape index (κ1) is 12.7. The Bertz CT molecular complexity index is 493. The highest BCUT2D eigenvalue weighted by molar-refractivity contribution is 5.95. The van der Waals surface area contributed by atoms with Gasteiger partial charge >= 0.3 is 0 Å². The molecule has 3 heteroatoms. The van der Waals surface area contributed by atoms with E-state index in [1.54, 1.807) is 6.92 Å². The Labute approximate surface area is 115 Å². The molecule has 1 saturated carbocycles. The summed E-state index contributed by atoms with van der Waals surface area (Å²) >= 11 is 0. The average molecular weight is 258 g/mol. The summed E-state index contributed by atoms with van der Waals surface area (Å²) in [4.78, 5) is 14.0. The summed E-state index contributed by atoms with van der Waals surface area (Å²) in [6.45, 7) is 7.17. The number of hydrogen-bond acceptors (Lipinski definition) is 3. The number of anilines is 1. The molecule has 1 spiro atoms. The van der Waals surface area contributed by atoms with E-state index >= 15 is 0 Å². The molecule has 1 aliphatic heterocycles. The van der Waals surface area contributed by atoms with Crippen molar-refractivity contribution in [2.75, 3.05) is 24.5 Å². The molecule has 3 nitrogen and oxygen atoms in total. The molecule has 1 aromatic carbocycles. The molecule has 0 aromatic heterocycles. The number of nitrogens with one attached hydrogen (secondary N) is 1. The van der Waals surface area contributed by atoms with Gasteiger partial charge in [-0.3, -0.25) is 4.79 Å². The normalized spacial score (nSPS) is 25.2. The molecule has 1 N–H and O–H groups in total. The SMILES string of the molecule is CC(=O)c1cccc(N2CC3(CC3)CNCC2C)c1. The lowest BCUT2D eigenvalue weighted by molar-refractivity contribution is 0.101. The quantitative estimate of drug-likeness (QED) is 0.827. The van der Waals surface area contributed by atoms with Crippen molar-refractivity contribution in [1.29, 1.82) is 0 Å². The first-order valence-corrected chi connectivity index (χ1v) is 7.18. The van der Waals surface area contributed by atoms with E-state index in [1.807, 2.05) is 18.2 Å². The Kier molecular flexibility index (Phi) is 3.09. The average Bonchev–Trinajstić information content (AvgIpc) is 3.18. The van der Waals surface area contributed by atoms with Gasteiger partial charge in [-0.25, -0.2) is 0 Å². The van der Waals surface area contributed by atoms with E-state index in [4.69, 9.17) is 0 Å². The zero-order valence-corrected chi connectivity index (χ0v) is 11.8. The third-order valence-electron chi connectivity index (χ3n) is 4.52. The minimum Gasteiger partial charge on any atom is -0.367 e. The van der Waals surface area contributed by atoms with Crippen molar-refractivity contribution in [3.63, 3.8) is 0 Å². The predicted molar refractivity (Wildman–Crippen MR) is 77.8 cm³/mol. The molecule has 1 saturated heterocycles. The lowest BCUT2D eigenvalue weighted by atomic mass is 10.1. The molecule has 1 atom stereocenters. The van der Waals surface area contributed by atoms with Gasteiger partial charge in [0.05, 0.1) is 0 Å². The number of carbonyl (C=O) groups excluding carboxylic acids is 1. The highest BCUT2D eigenvalue weighted by Crippen LogP contribution is 2.47. The van der Waals surface area contributed by atoms with Crippen LogP contribution in [0.1, 0.15) is 37.0 Å². The van der Waals surface area contributed by atoms with Crippen LogP contribution in [-0.2, 0) is 0 Å². The summed E-state index contributed by atoms with van der Waals surface area (Å²) in [6, 6.07) is 8.54. The Morgan fingerprint density at radius 1 is 1.42 bits per heavy atom. The van der Waals surface area contributed by atoms with Gasteiger partial charge in [0.2, 0.25) is 0 Å². The molecular formula is C16H22N2O. The minimum absolute atomic E-state index is 0.142. The van der Waals surface area contributed by atoms with Gasteiger partial charge < -0.3 is 10.2 Å². The van der Waals surface area contributed by atoms with Gasteiger partial charge in [-0.05, 0) is 38.8 Å². The number of ketones is 1. The highest BCUT2D eigenvalue weighted by atomic mass is 16.1. The van der Waals surface area contributed by atoms with Crippen molar-refractivity contribution in [3.8, 4) is 0 Å². The Morgan fingerprint density at radius 2 is 2.21 bits per heavy atom. The fourth-order valence-electron chi connectivity index (χ4n) is 2.99. The zero-order valence-electron chi connectivity index (χ0n) is 11.8. The van der Waals surface area contributed by atoms with Crippen LogP contribution in [0.4, 0.5) is 5.69 Å². The standard InChI is InChI=1S/C16H22N2O/c1-12-9-17-10-16(6-7-16)11-18(12)15-5-3-4-14(8-15)13(2)19/h3-5,8,12,17H,6-7,9-11H2,1-2H3. The van der Waals surface area contributed by atoms with Crippen LogP contribution >= 0.6 is 0 Å². The summed E-state index contributed by atoms with van der Waals surface area (Å²) in [5, 5.41) is 3.58. The lowest BCUT2D eigenvalue weighted by Crippen LogP contribution is -2.38. The third-order valence-corrected chi connectivity index (χ3v) is 4.52. The van der Waals surface area contributed by atoms with Crippen LogP contribution in [0.15, 0.2) is 24.3 Å². The molecule has 0 radical (unpaired) electrons. The second kappa shape index (κ2) is 4.64. The molecule has 0 bridgehead atoms. The Balaban J connectivity index is 1.89. The van der Waals surface area contributed by atoms with Crippen molar-refractivity contribution in [1.82, 2.24) is 5.32 Å². The molecule has 1 aromatic rings. The minimum atomic E-state index is 0.142. The van der Waals surface area contributed by atoms with E-state index in [0.717, 1.165) is 25.2 Å². The molecule has 1 heterocycles. The molecular weight excluding hydrogens is 236 g/mol. The molecule has 1 unspecified atom stereocenters. The van der Waals surface area contributed by atoms with Gasteiger partial charge in [0, 0.05) is 42.3 Å². The molecule has 102 valence electrons. The zero-order chi connectivity index (χ0) is 13.5. The van der Waals surface area contributed by atoms with Crippen molar-refractivity contribution in [2.45, 2.75) is 32.7 Å². The van der Waals surface area contributed by atoms with Crippen molar-refractivity contribution in [2.24, 2.45) is 5.41 Å². The maximum Gasteiger partial charge on any atom is 0.159 e. The van der Waals surface area contributed by atoms with E-state index in [-0.39, 0.29) is 5.78 Å². The van der Waals surface area contributed by atoms with E-state index < -0.39 is 0 Å². The monoisotopic (exact) mass is 258 g/mol. The number of benzene rings is 1. The second-order valence-corrected chi connectivity index (χ2v) is 6.21. The fourth-order valence-corrected chi connectivity index (χ4v) is 2.99. The second-order valence-electron chi connectivity index (χ2n) is 6.21. The van der Waals surface area contributed by atoms with Crippen LogP contribution in [0, 0.1) is 5.41 Å². The van der Waals surface area contributed by atoms with Gasteiger partial charge in [0.1, 0.15) is 0 Å². The topological polar surface area (TPSA) is 32.3 Å². The van der Waals surface area contributed by atoms with Gasteiger partial charge in [0.25, 0.3) is 0 Å². The summed E-state index contributed by atoms with van der Waals surface area (Å²) in [5.41, 5.74) is 2.48. The molecule has 0 amide bonds. The molecule has 1 aliphatic carbocycles. The number of rotatable bonds is 2. The van der Waals surface area contributed by atoms with Gasteiger partial charge in [0.15, 0.2) is 5.78 Å². The first-order valence-electron chi connectivity index (χ1n) is 7.18. The van der Waals surface area contributed by atoms with E-state index in [2.05, 4.69) is 23.2 Å². The van der Waals surface area contributed by atoms with Gasteiger partial charge in [-0.15, -0.1) is 0 Å². The largest absolute Gasteiger partial charge is 0.367 e. The summed E-state index contributed by atoms with van der Waals surface area (Å²) < 4.78 is 0. The molecule has 19 heavy (non-hydrogen) atoms. The van der Waals surface area contributed by atoms with Crippen molar-refractivity contribution in [3.05, 3.63) is 29.8 Å². The first-order chi connectivity index (χ1) is 9.10.